The molecule has 18 heavy (non-hydrogen) atoms. The molecule has 0 aliphatic carbocycles. The van der Waals surface area contributed by atoms with E-state index in [1.807, 2.05) is 0 Å². The van der Waals surface area contributed by atoms with Gasteiger partial charge in [-0.2, -0.15) is 0 Å². The normalized spacial score (nSPS) is 11.5. The molecular weight excluding hydrogens is 224 g/mol. The highest BCUT2D eigenvalue weighted by atomic mass is 16.3. The maximum absolute atomic E-state index is 9.89. The SMILES string of the molecule is CCCC(CCC)(CCC)CCCCCNN=O. The van der Waals surface area contributed by atoms with Crippen molar-refractivity contribution in [2.24, 2.45) is 10.7 Å². The molecule has 0 amide bonds. The van der Waals surface area contributed by atoms with Crippen molar-refractivity contribution in [3.05, 3.63) is 4.91 Å². The van der Waals surface area contributed by atoms with Crippen LogP contribution in [0, 0.1) is 10.3 Å². The minimum atomic E-state index is 0.592. The zero-order valence-corrected chi connectivity index (χ0v) is 12.6. The Balaban J connectivity index is 4.00. The summed E-state index contributed by atoms with van der Waals surface area (Å²) in [6, 6.07) is 0. The van der Waals surface area contributed by atoms with Gasteiger partial charge in [0.1, 0.15) is 0 Å². The van der Waals surface area contributed by atoms with Gasteiger partial charge in [0.15, 0.2) is 0 Å². The fourth-order valence-electron chi connectivity index (χ4n) is 3.27. The van der Waals surface area contributed by atoms with E-state index in [4.69, 9.17) is 0 Å². The Labute approximate surface area is 113 Å². The summed E-state index contributed by atoms with van der Waals surface area (Å²) in [5, 5.41) is 2.67. The minimum Gasteiger partial charge on any atom is -0.274 e. The number of unbranched alkanes of at least 4 members (excludes halogenated alkanes) is 2. The lowest BCUT2D eigenvalue weighted by Gasteiger charge is -2.34. The van der Waals surface area contributed by atoms with Crippen molar-refractivity contribution in [3.8, 4) is 0 Å². The molecule has 0 aromatic rings. The molecule has 0 fully saturated rings. The first kappa shape index (κ1) is 17.4. The molecule has 0 atom stereocenters. The molecule has 1 N–H and O–H groups in total. The molecule has 0 heterocycles. The van der Waals surface area contributed by atoms with Gasteiger partial charge in [-0.25, -0.2) is 0 Å². The van der Waals surface area contributed by atoms with Crippen LogP contribution in [-0.2, 0) is 0 Å². The zero-order chi connectivity index (χ0) is 13.7. The van der Waals surface area contributed by atoms with E-state index < -0.39 is 0 Å². The average Bonchev–Trinajstić information content (AvgIpc) is 2.35. The number of hydrogen-bond acceptors (Lipinski definition) is 2. The molecular formula is C15H32N2O. The lowest BCUT2D eigenvalue weighted by molar-refractivity contribution is 0.185. The summed E-state index contributed by atoms with van der Waals surface area (Å²) < 4.78 is 0. The summed E-state index contributed by atoms with van der Waals surface area (Å²) in [6.07, 6.45) is 13.0. The van der Waals surface area contributed by atoms with E-state index in [2.05, 4.69) is 31.5 Å². The molecule has 0 rings (SSSR count). The molecule has 3 nitrogen and oxygen atoms in total. The van der Waals surface area contributed by atoms with Crippen LogP contribution in [0.2, 0.25) is 0 Å². The Morgan fingerprint density at radius 1 is 0.833 bits per heavy atom. The monoisotopic (exact) mass is 256 g/mol. The van der Waals surface area contributed by atoms with Gasteiger partial charge < -0.3 is 0 Å². The van der Waals surface area contributed by atoms with Crippen LogP contribution in [0.1, 0.15) is 85.0 Å². The van der Waals surface area contributed by atoms with E-state index in [-0.39, 0.29) is 0 Å². The third-order valence-electron chi connectivity index (χ3n) is 3.90. The Kier molecular flexibility index (Phi) is 11.1. The van der Waals surface area contributed by atoms with Gasteiger partial charge in [0.25, 0.3) is 0 Å². The van der Waals surface area contributed by atoms with Crippen LogP contribution in [0.5, 0.6) is 0 Å². The second-order valence-corrected chi connectivity index (χ2v) is 5.56. The predicted molar refractivity (Wildman–Crippen MR) is 79.4 cm³/mol. The minimum absolute atomic E-state index is 0.592. The fraction of sp³-hybridized carbons (Fsp3) is 1.00. The summed E-state index contributed by atoms with van der Waals surface area (Å²) >= 11 is 0. The van der Waals surface area contributed by atoms with Crippen molar-refractivity contribution < 1.29 is 0 Å². The lowest BCUT2D eigenvalue weighted by Crippen LogP contribution is -2.20. The van der Waals surface area contributed by atoms with Crippen LogP contribution < -0.4 is 5.43 Å². The number of hydrogen-bond donors (Lipinski definition) is 1. The molecule has 0 aromatic heterocycles. The van der Waals surface area contributed by atoms with Crippen LogP contribution in [0.25, 0.3) is 0 Å². The van der Waals surface area contributed by atoms with Gasteiger partial charge in [-0.1, -0.05) is 52.9 Å². The third-order valence-corrected chi connectivity index (χ3v) is 3.90. The summed E-state index contributed by atoms with van der Waals surface area (Å²) in [7, 11) is 0. The lowest BCUT2D eigenvalue weighted by atomic mass is 9.72. The van der Waals surface area contributed by atoms with Gasteiger partial charge in [0, 0.05) is 11.8 Å². The molecule has 0 aromatic carbocycles. The Morgan fingerprint density at radius 3 is 1.83 bits per heavy atom. The quantitative estimate of drug-likeness (QED) is 0.279. The van der Waals surface area contributed by atoms with E-state index in [9.17, 15) is 4.91 Å². The zero-order valence-electron chi connectivity index (χ0n) is 12.6. The molecule has 0 aliphatic heterocycles. The van der Waals surface area contributed by atoms with Crippen molar-refractivity contribution in [1.82, 2.24) is 5.43 Å². The van der Waals surface area contributed by atoms with Crippen molar-refractivity contribution in [3.63, 3.8) is 0 Å². The highest BCUT2D eigenvalue weighted by Gasteiger charge is 2.26. The smallest absolute Gasteiger partial charge is 0.0496 e. The molecule has 0 bridgehead atoms. The van der Waals surface area contributed by atoms with Crippen LogP contribution in [0.15, 0.2) is 5.29 Å². The Bertz CT molecular complexity index is 178. The number of nitroso groups, excluding NO2 is 1. The van der Waals surface area contributed by atoms with Gasteiger partial charge in [0.05, 0.1) is 0 Å². The maximum Gasteiger partial charge on any atom is 0.0496 e. The van der Waals surface area contributed by atoms with E-state index in [0.717, 1.165) is 13.0 Å². The highest BCUT2D eigenvalue weighted by molar-refractivity contribution is 4.78. The Morgan fingerprint density at radius 2 is 1.39 bits per heavy atom. The van der Waals surface area contributed by atoms with Gasteiger partial charge in [-0.3, -0.25) is 5.43 Å². The van der Waals surface area contributed by atoms with E-state index in [1.165, 1.54) is 57.8 Å². The highest BCUT2D eigenvalue weighted by Crippen LogP contribution is 2.40. The predicted octanol–water partition coefficient (Wildman–Crippen LogP) is 5.20. The van der Waals surface area contributed by atoms with Crippen LogP contribution >= 0.6 is 0 Å². The van der Waals surface area contributed by atoms with Crippen LogP contribution in [-0.4, -0.2) is 6.54 Å². The topological polar surface area (TPSA) is 41.5 Å². The molecule has 0 aliphatic rings. The summed E-state index contributed by atoms with van der Waals surface area (Å²) in [6.45, 7) is 7.64. The molecule has 0 spiro atoms. The molecule has 0 saturated carbocycles. The van der Waals surface area contributed by atoms with Gasteiger partial charge in [0.2, 0.25) is 0 Å². The second-order valence-electron chi connectivity index (χ2n) is 5.56. The first-order chi connectivity index (χ1) is 8.74. The maximum atomic E-state index is 9.89. The molecule has 0 saturated heterocycles. The number of nitrogens with one attached hydrogen (secondary N) is 1. The largest absolute Gasteiger partial charge is 0.274 e. The molecule has 0 radical (unpaired) electrons. The molecule has 0 unspecified atom stereocenters. The van der Waals surface area contributed by atoms with Gasteiger partial charge >= 0.3 is 0 Å². The second kappa shape index (κ2) is 11.5. The number of rotatable bonds is 13. The summed E-state index contributed by atoms with van der Waals surface area (Å²) in [4.78, 5) is 9.89. The summed E-state index contributed by atoms with van der Waals surface area (Å²) in [5.74, 6) is 0. The van der Waals surface area contributed by atoms with Crippen molar-refractivity contribution in [2.45, 2.75) is 85.0 Å². The van der Waals surface area contributed by atoms with Crippen LogP contribution in [0.3, 0.4) is 0 Å². The molecule has 108 valence electrons. The first-order valence-corrected chi connectivity index (χ1v) is 7.80. The standard InChI is InChI=1S/C15H32N2O/c1-4-10-15(11-5-2,12-6-3)13-8-7-9-14-16-17-18/h4-14H2,1-3H3,(H,16,18). The summed E-state index contributed by atoms with van der Waals surface area (Å²) in [5.41, 5.74) is 3.08. The Hall–Kier alpha value is -0.600. The van der Waals surface area contributed by atoms with E-state index in [0.29, 0.717) is 5.41 Å². The van der Waals surface area contributed by atoms with Crippen molar-refractivity contribution in [2.75, 3.05) is 6.54 Å². The van der Waals surface area contributed by atoms with E-state index >= 15 is 0 Å². The molecule has 3 heteroatoms. The third kappa shape index (κ3) is 7.67. The average molecular weight is 256 g/mol. The first-order valence-electron chi connectivity index (χ1n) is 7.80. The van der Waals surface area contributed by atoms with E-state index in [1.54, 1.807) is 0 Å². The van der Waals surface area contributed by atoms with Gasteiger partial charge in [-0.05, 0) is 37.5 Å². The van der Waals surface area contributed by atoms with Crippen molar-refractivity contribution >= 4 is 0 Å². The number of nitrogens with zero attached hydrogens (tertiary/aromatic N) is 1. The van der Waals surface area contributed by atoms with Gasteiger partial charge in [-0.15, -0.1) is 4.91 Å². The van der Waals surface area contributed by atoms with Crippen LogP contribution in [0.4, 0.5) is 0 Å². The fourth-order valence-corrected chi connectivity index (χ4v) is 3.27. The van der Waals surface area contributed by atoms with Crippen molar-refractivity contribution in [1.29, 1.82) is 0 Å².